The Morgan fingerprint density at radius 3 is 2.71 bits per heavy atom. The van der Waals surface area contributed by atoms with E-state index >= 15 is 0 Å². The largest absolute Gasteiger partial charge is 0.397 e. The van der Waals surface area contributed by atoms with Crippen LogP contribution in [0.2, 0.25) is 5.02 Å². The Balaban J connectivity index is 3.08. The van der Waals surface area contributed by atoms with E-state index in [1.54, 1.807) is 18.8 Å². The monoisotopic (exact) mass is 331 g/mol. The number of carbonyl (C=O) groups is 1. The number of halogens is 1. The number of anilines is 1. The Morgan fingerprint density at radius 2 is 2.19 bits per heavy atom. The highest BCUT2D eigenvalue weighted by atomic mass is 35.5. The van der Waals surface area contributed by atoms with E-state index in [1.807, 2.05) is 13.2 Å². The average molecular weight is 332 g/mol. The van der Waals surface area contributed by atoms with Crippen LogP contribution in [-0.2, 0) is 0 Å². The Morgan fingerprint density at radius 1 is 1.57 bits per heavy atom. The van der Waals surface area contributed by atoms with E-state index in [1.165, 1.54) is 11.0 Å². The van der Waals surface area contributed by atoms with E-state index in [9.17, 15) is 14.9 Å². The van der Waals surface area contributed by atoms with E-state index in [0.717, 1.165) is 18.2 Å². The van der Waals surface area contributed by atoms with Crippen LogP contribution in [0, 0.1) is 10.1 Å². The van der Waals surface area contributed by atoms with Gasteiger partial charge in [0.05, 0.1) is 21.2 Å². The summed E-state index contributed by atoms with van der Waals surface area (Å²) in [6.07, 6.45) is 2.82. The van der Waals surface area contributed by atoms with E-state index in [0.29, 0.717) is 0 Å². The number of thioether (sulfide) groups is 1. The SMILES string of the molecule is CSCCC(C)N(C)C(=O)c1cc([N+](=O)[O-])cc(Cl)c1N. The molecule has 0 radical (unpaired) electrons. The summed E-state index contributed by atoms with van der Waals surface area (Å²) >= 11 is 7.57. The molecule has 1 unspecified atom stereocenters. The highest BCUT2D eigenvalue weighted by Gasteiger charge is 2.23. The van der Waals surface area contributed by atoms with Crippen molar-refractivity contribution in [3.05, 3.63) is 32.8 Å². The lowest BCUT2D eigenvalue weighted by molar-refractivity contribution is -0.384. The first kappa shape index (κ1) is 17.6. The van der Waals surface area contributed by atoms with Gasteiger partial charge in [0.15, 0.2) is 0 Å². The van der Waals surface area contributed by atoms with Crippen molar-refractivity contribution in [1.82, 2.24) is 4.90 Å². The predicted octanol–water partition coefficient (Wildman–Crippen LogP) is 3.04. The maximum absolute atomic E-state index is 12.5. The molecule has 0 aromatic heterocycles. The number of hydrogen-bond acceptors (Lipinski definition) is 5. The second-order valence-electron chi connectivity index (χ2n) is 4.69. The number of nitrogens with two attached hydrogens (primary N) is 1. The smallest absolute Gasteiger partial charge is 0.271 e. The maximum Gasteiger partial charge on any atom is 0.271 e. The predicted molar refractivity (Wildman–Crippen MR) is 87.1 cm³/mol. The summed E-state index contributed by atoms with van der Waals surface area (Å²) in [7, 11) is 1.65. The van der Waals surface area contributed by atoms with Crippen LogP contribution >= 0.6 is 23.4 Å². The van der Waals surface area contributed by atoms with Gasteiger partial charge in [0.25, 0.3) is 11.6 Å². The van der Waals surface area contributed by atoms with Crippen LogP contribution in [0.15, 0.2) is 12.1 Å². The fourth-order valence-electron chi connectivity index (χ4n) is 1.76. The zero-order valence-electron chi connectivity index (χ0n) is 12.1. The van der Waals surface area contributed by atoms with Gasteiger partial charge in [-0.1, -0.05) is 11.6 Å². The summed E-state index contributed by atoms with van der Waals surface area (Å²) in [6.45, 7) is 1.92. The maximum atomic E-state index is 12.5. The minimum absolute atomic E-state index is 0.00221. The van der Waals surface area contributed by atoms with Crippen molar-refractivity contribution in [1.29, 1.82) is 0 Å². The summed E-state index contributed by atoms with van der Waals surface area (Å²) in [5.41, 5.74) is 5.67. The Bertz CT molecular complexity index is 554. The van der Waals surface area contributed by atoms with Crippen molar-refractivity contribution in [2.24, 2.45) is 0 Å². The number of hydrogen-bond donors (Lipinski definition) is 1. The Labute approximate surface area is 132 Å². The number of amides is 1. The van der Waals surface area contributed by atoms with Gasteiger partial charge in [-0.2, -0.15) is 11.8 Å². The van der Waals surface area contributed by atoms with Gasteiger partial charge in [0.2, 0.25) is 0 Å². The van der Waals surface area contributed by atoms with Gasteiger partial charge < -0.3 is 10.6 Å². The number of rotatable bonds is 6. The number of non-ortho nitro benzene ring substituents is 1. The molecule has 1 aromatic carbocycles. The molecule has 1 atom stereocenters. The summed E-state index contributed by atoms with van der Waals surface area (Å²) in [5.74, 6) is 0.552. The lowest BCUT2D eigenvalue weighted by Crippen LogP contribution is -2.35. The number of nitro benzene ring substituents is 1. The number of nitrogen functional groups attached to an aromatic ring is 1. The molecule has 0 saturated carbocycles. The number of benzene rings is 1. The van der Waals surface area contributed by atoms with Crippen LogP contribution in [0.4, 0.5) is 11.4 Å². The van der Waals surface area contributed by atoms with Crippen molar-refractivity contribution < 1.29 is 9.72 Å². The molecule has 0 heterocycles. The summed E-state index contributed by atoms with van der Waals surface area (Å²) in [6, 6.07) is 2.31. The topological polar surface area (TPSA) is 89.5 Å². The van der Waals surface area contributed by atoms with Crippen molar-refractivity contribution in [2.45, 2.75) is 19.4 Å². The standard InChI is InChI=1S/C13H18ClN3O3S/c1-8(4-5-21-3)16(2)13(18)10-6-9(17(19)20)7-11(14)12(10)15/h6-8H,4-5,15H2,1-3H3. The lowest BCUT2D eigenvalue weighted by Gasteiger charge is -2.25. The van der Waals surface area contributed by atoms with Gasteiger partial charge in [-0.25, -0.2) is 0 Å². The first-order chi connectivity index (χ1) is 9.79. The highest BCUT2D eigenvalue weighted by Crippen LogP contribution is 2.30. The molecule has 0 bridgehead atoms. The van der Waals surface area contributed by atoms with Crippen molar-refractivity contribution in [2.75, 3.05) is 24.8 Å². The number of nitrogens with zero attached hydrogens (tertiary/aromatic N) is 2. The van der Waals surface area contributed by atoms with Crippen molar-refractivity contribution in [3.8, 4) is 0 Å². The van der Waals surface area contributed by atoms with Crippen LogP contribution in [0.1, 0.15) is 23.7 Å². The quantitative estimate of drug-likeness (QED) is 0.491. The Hall–Kier alpha value is -1.47. The number of carbonyl (C=O) groups excluding carboxylic acids is 1. The molecule has 0 saturated heterocycles. The molecule has 1 aromatic rings. The summed E-state index contributed by atoms with van der Waals surface area (Å²) < 4.78 is 0. The van der Waals surface area contributed by atoms with Crippen LogP contribution < -0.4 is 5.73 Å². The van der Waals surface area contributed by atoms with Gasteiger partial charge >= 0.3 is 0 Å². The highest BCUT2D eigenvalue weighted by molar-refractivity contribution is 7.98. The van der Waals surface area contributed by atoms with Gasteiger partial charge in [-0.05, 0) is 25.4 Å². The minimum Gasteiger partial charge on any atom is -0.397 e. The fraction of sp³-hybridized carbons (Fsp3) is 0.462. The van der Waals surface area contributed by atoms with Crippen LogP contribution in [0.3, 0.4) is 0 Å². The van der Waals surface area contributed by atoms with Gasteiger partial charge in [-0.3, -0.25) is 14.9 Å². The molecule has 1 rings (SSSR count). The van der Waals surface area contributed by atoms with Crippen molar-refractivity contribution >= 4 is 40.6 Å². The molecule has 6 nitrogen and oxygen atoms in total. The third kappa shape index (κ3) is 4.25. The van der Waals surface area contributed by atoms with E-state index in [2.05, 4.69) is 0 Å². The summed E-state index contributed by atoms with van der Waals surface area (Å²) in [5, 5.41) is 10.9. The molecule has 0 aliphatic heterocycles. The zero-order chi connectivity index (χ0) is 16.2. The Kier molecular flexibility index (Phi) is 6.29. The molecule has 2 N–H and O–H groups in total. The molecular formula is C13H18ClN3O3S. The van der Waals surface area contributed by atoms with Gasteiger partial charge in [0.1, 0.15) is 0 Å². The van der Waals surface area contributed by atoms with E-state index < -0.39 is 4.92 Å². The second kappa shape index (κ2) is 7.51. The first-order valence-corrected chi connectivity index (χ1v) is 8.06. The van der Waals surface area contributed by atoms with Crippen LogP contribution in [0.5, 0.6) is 0 Å². The number of nitro groups is 1. The van der Waals surface area contributed by atoms with Crippen molar-refractivity contribution in [3.63, 3.8) is 0 Å². The van der Waals surface area contributed by atoms with Crippen LogP contribution in [-0.4, -0.2) is 40.8 Å². The third-order valence-electron chi connectivity index (χ3n) is 3.28. The first-order valence-electron chi connectivity index (χ1n) is 6.29. The average Bonchev–Trinajstić information content (AvgIpc) is 2.45. The fourth-order valence-corrected chi connectivity index (χ4v) is 2.55. The molecule has 0 spiro atoms. The van der Waals surface area contributed by atoms with E-state index in [-0.39, 0.29) is 33.9 Å². The second-order valence-corrected chi connectivity index (χ2v) is 6.09. The van der Waals surface area contributed by atoms with E-state index in [4.69, 9.17) is 17.3 Å². The normalized spacial score (nSPS) is 12.0. The van der Waals surface area contributed by atoms with Gasteiger partial charge in [0, 0.05) is 25.2 Å². The zero-order valence-corrected chi connectivity index (χ0v) is 13.7. The van der Waals surface area contributed by atoms with Gasteiger partial charge in [-0.15, -0.1) is 0 Å². The van der Waals surface area contributed by atoms with Crippen LogP contribution in [0.25, 0.3) is 0 Å². The molecule has 116 valence electrons. The molecular weight excluding hydrogens is 314 g/mol. The molecule has 21 heavy (non-hydrogen) atoms. The molecule has 0 fully saturated rings. The molecule has 8 heteroatoms. The minimum atomic E-state index is -0.598. The third-order valence-corrected chi connectivity index (χ3v) is 4.23. The molecule has 0 aliphatic rings. The summed E-state index contributed by atoms with van der Waals surface area (Å²) in [4.78, 5) is 24.2. The molecule has 0 aliphatic carbocycles. The molecule has 1 amide bonds. The lowest BCUT2D eigenvalue weighted by atomic mass is 10.1.